The highest BCUT2D eigenvalue weighted by atomic mass is 35.5. The number of aliphatic hydroxyl groups is 2. The molecule has 7 rings (SSSR count). The molecule has 0 aromatic heterocycles. The second-order valence-electron chi connectivity index (χ2n) is 13.5. The molecule has 44 heavy (non-hydrogen) atoms. The fourth-order valence-electron chi connectivity index (χ4n) is 9.23. The summed E-state index contributed by atoms with van der Waals surface area (Å²) in [4.78, 5) is 27.9. The predicted octanol–water partition coefficient (Wildman–Crippen LogP) is 6.49. The average Bonchev–Trinajstić information content (AvgIpc) is 3.49. The number of aliphatic hydroxyl groups excluding tert-OH is 2. The lowest BCUT2D eigenvalue weighted by Crippen LogP contribution is -2.69. The zero-order chi connectivity index (χ0) is 31.2. The van der Waals surface area contributed by atoms with E-state index in [1.54, 1.807) is 24.8 Å². The lowest BCUT2D eigenvalue weighted by atomic mass is 9.44. The van der Waals surface area contributed by atoms with Gasteiger partial charge in [-0.3, -0.25) is 9.59 Å². The van der Waals surface area contributed by atoms with Crippen LogP contribution in [0.2, 0.25) is 5.02 Å². The molecule has 0 spiro atoms. The number of alkyl halides is 1. The Morgan fingerprint density at radius 1 is 1.14 bits per heavy atom. The summed E-state index contributed by atoms with van der Waals surface area (Å²) in [6.07, 6.45) is 2.82. The van der Waals surface area contributed by atoms with Gasteiger partial charge in [-0.25, -0.2) is 4.39 Å². The second kappa shape index (κ2) is 10.3. The maximum Gasteiger partial charge on any atom is 0.193 e. The van der Waals surface area contributed by atoms with Gasteiger partial charge in [-0.1, -0.05) is 54.1 Å². The predicted molar refractivity (Wildman–Crippen MR) is 164 cm³/mol. The van der Waals surface area contributed by atoms with Gasteiger partial charge in [0, 0.05) is 37.1 Å². The molecule has 0 radical (unpaired) electrons. The minimum absolute atomic E-state index is 0.0380. The van der Waals surface area contributed by atoms with Gasteiger partial charge in [-0.2, -0.15) is 0 Å². The molecule has 2 N–H and O–H groups in total. The van der Waals surface area contributed by atoms with Crippen molar-refractivity contribution < 1.29 is 33.7 Å². The molecule has 1 saturated heterocycles. The normalized spacial score (nSPS) is 40.6. The molecule has 2 aromatic rings. The Balaban J connectivity index is 1.19. The molecule has 5 aliphatic rings. The molecule has 6 nitrogen and oxygen atoms in total. The second-order valence-corrected chi connectivity index (χ2v) is 15.0. The summed E-state index contributed by atoms with van der Waals surface area (Å²) in [7, 11) is 0. The maximum absolute atomic E-state index is 17.5. The van der Waals surface area contributed by atoms with Gasteiger partial charge in [0.05, 0.1) is 12.2 Å². The van der Waals surface area contributed by atoms with Crippen LogP contribution in [-0.2, 0) is 19.1 Å². The smallest absolute Gasteiger partial charge is 0.193 e. The van der Waals surface area contributed by atoms with Crippen molar-refractivity contribution in [3.05, 3.63) is 82.4 Å². The summed E-state index contributed by atoms with van der Waals surface area (Å²) < 4.78 is 30.7. The van der Waals surface area contributed by atoms with Crippen molar-refractivity contribution in [2.75, 3.05) is 6.61 Å². The summed E-state index contributed by atoms with van der Waals surface area (Å²) in [5.41, 5.74) is -3.26. The van der Waals surface area contributed by atoms with Crippen molar-refractivity contribution in [3.8, 4) is 0 Å². The summed E-state index contributed by atoms with van der Waals surface area (Å²) in [6, 6.07) is 13.6. The third-order valence-corrected chi connectivity index (χ3v) is 12.9. The fourth-order valence-corrected chi connectivity index (χ4v) is 10.3. The van der Waals surface area contributed by atoms with Gasteiger partial charge in [0.1, 0.15) is 6.61 Å². The Kier molecular flexibility index (Phi) is 7.13. The number of hydrogen-bond donors (Lipinski definition) is 2. The Morgan fingerprint density at radius 2 is 1.86 bits per heavy atom. The van der Waals surface area contributed by atoms with Gasteiger partial charge < -0.3 is 19.7 Å². The van der Waals surface area contributed by atoms with E-state index in [-0.39, 0.29) is 18.1 Å². The number of ketones is 2. The van der Waals surface area contributed by atoms with Crippen molar-refractivity contribution >= 4 is 34.9 Å². The van der Waals surface area contributed by atoms with Crippen LogP contribution in [0.5, 0.6) is 0 Å². The molecular weight excluding hydrogens is 603 g/mol. The summed E-state index contributed by atoms with van der Waals surface area (Å²) in [5.74, 6) is -1.62. The SMILES string of the molecule is Cc1cc(Sc2ccc([C@@H]3O[C@@H]4C[C@H]5[C@@H]6CCC7=CC(=O)C=C[C@]7(C)[C@@]6(F)[C@@H](O)C[C@]5(C)[C@]4(C(=O)CO)O3)cc2)ccc1Cl. The van der Waals surface area contributed by atoms with Crippen LogP contribution >= 0.6 is 23.4 Å². The van der Waals surface area contributed by atoms with E-state index >= 15 is 4.39 Å². The number of hydrogen-bond acceptors (Lipinski definition) is 7. The zero-order valence-electron chi connectivity index (χ0n) is 24.9. The maximum atomic E-state index is 17.5. The van der Waals surface area contributed by atoms with E-state index in [4.69, 9.17) is 21.1 Å². The van der Waals surface area contributed by atoms with Crippen LogP contribution in [0.1, 0.15) is 56.9 Å². The molecule has 9 heteroatoms. The van der Waals surface area contributed by atoms with Crippen molar-refractivity contribution in [1.29, 1.82) is 0 Å². The van der Waals surface area contributed by atoms with E-state index in [1.807, 2.05) is 56.3 Å². The lowest BCUT2D eigenvalue weighted by Gasteiger charge is -2.62. The molecule has 1 heterocycles. The quantitative estimate of drug-likeness (QED) is 0.387. The summed E-state index contributed by atoms with van der Waals surface area (Å²) in [5, 5.41) is 22.6. The van der Waals surface area contributed by atoms with E-state index in [2.05, 4.69) is 0 Å². The van der Waals surface area contributed by atoms with Crippen LogP contribution in [0, 0.1) is 29.6 Å². The highest BCUT2D eigenvalue weighted by Crippen LogP contribution is 2.72. The number of fused-ring (bicyclic) bond motifs is 7. The molecule has 2 aromatic carbocycles. The first kappa shape index (κ1) is 30.3. The monoisotopic (exact) mass is 638 g/mol. The molecule has 4 aliphatic carbocycles. The fraction of sp³-hybridized carbons (Fsp3) is 0.486. The highest BCUT2D eigenvalue weighted by molar-refractivity contribution is 7.99. The van der Waals surface area contributed by atoms with E-state index in [0.29, 0.717) is 24.8 Å². The molecule has 4 fully saturated rings. The Hall–Kier alpha value is -2.33. The molecule has 232 valence electrons. The van der Waals surface area contributed by atoms with Crippen molar-refractivity contribution in [2.45, 2.75) is 86.0 Å². The van der Waals surface area contributed by atoms with Gasteiger partial charge in [-0.15, -0.1) is 0 Å². The Bertz CT molecular complexity index is 1610. The molecule has 0 unspecified atom stereocenters. The number of carbonyl (C=O) groups is 2. The van der Waals surface area contributed by atoms with Crippen molar-refractivity contribution in [2.24, 2.45) is 22.7 Å². The Morgan fingerprint density at radius 3 is 2.57 bits per heavy atom. The van der Waals surface area contributed by atoms with E-state index in [1.165, 1.54) is 12.2 Å². The number of carbonyl (C=O) groups excluding carboxylic acids is 2. The minimum atomic E-state index is -2.03. The van der Waals surface area contributed by atoms with Crippen LogP contribution in [0.3, 0.4) is 0 Å². The number of Topliss-reactive ketones (excluding diaryl/α,β-unsaturated/α-hetero) is 1. The van der Waals surface area contributed by atoms with Gasteiger partial charge in [0.15, 0.2) is 29.1 Å². The first-order chi connectivity index (χ1) is 20.9. The van der Waals surface area contributed by atoms with Gasteiger partial charge in [0.2, 0.25) is 0 Å². The van der Waals surface area contributed by atoms with Gasteiger partial charge >= 0.3 is 0 Å². The Labute approximate surface area is 265 Å². The first-order valence-electron chi connectivity index (χ1n) is 15.2. The van der Waals surface area contributed by atoms with Crippen LogP contribution in [0.15, 0.2) is 76.1 Å². The molecule has 0 amide bonds. The molecular formula is C35H36ClFO6S. The van der Waals surface area contributed by atoms with Crippen LogP contribution in [-0.4, -0.2) is 51.9 Å². The average molecular weight is 639 g/mol. The molecule has 9 atom stereocenters. The molecule has 3 saturated carbocycles. The van der Waals surface area contributed by atoms with Gasteiger partial charge in [0.25, 0.3) is 0 Å². The number of benzene rings is 2. The zero-order valence-corrected chi connectivity index (χ0v) is 26.5. The molecule has 1 aliphatic heterocycles. The number of ether oxygens (including phenoxy) is 2. The minimum Gasteiger partial charge on any atom is -0.390 e. The first-order valence-corrected chi connectivity index (χ1v) is 16.4. The third-order valence-electron chi connectivity index (χ3n) is 11.5. The molecule has 0 bridgehead atoms. The van der Waals surface area contributed by atoms with Crippen molar-refractivity contribution in [3.63, 3.8) is 0 Å². The van der Waals surface area contributed by atoms with E-state index in [9.17, 15) is 19.8 Å². The summed E-state index contributed by atoms with van der Waals surface area (Å²) in [6.45, 7) is 4.87. The number of aryl methyl sites for hydroxylation is 1. The van der Waals surface area contributed by atoms with Crippen LogP contribution < -0.4 is 0 Å². The third kappa shape index (κ3) is 4.01. The largest absolute Gasteiger partial charge is 0.390 e. The van der Waals surface area contributed by atoms with Crippen LogP contribution in [0.4, 0.5) is 4.39 Å². The standard InChI is InChI=1S/C35H36ClFO6S/c1-19-14-24(9-11-27(19)36)44-23-7-4-20(5-8-23)31-42-30-16-26-25-10-6-21-15-22(39)12-13-32(21,2)34(25,37)28(40)17-33(26,3)35(30,43-31)29(41)18-38/h4-5,7-9,11-15,25-26,28,30-31,38,40H,6,10,16-18H2,1-3H3/t25-,26-,28-,30+,31+,32-,33-,34-,35+/m0/s1. The lowest BCUT2D eigenvalue weighted by molar-refractivity contribution is -0.231. The topological polar surface area (TPSA) is 93.1 Å². The highest BCUT2D eigenvalue weighted by Gasteiger charge is 2.79. The summed E-state index contributed by atoms with van der Waals surface area (Å²) >= 11 is 7.78. The number of allylic oxidation sites excluding steroid dienone is 4. The van der Waals surface area contributed by atoms with E-state index in [0.717, 1.165) is 25.9 Å². The van der Waals surface area contributed by atoms with Crippen molar-refractivity contribution in [1.82, 2.24) is 0 Å². The number of halogens is 2. The van der Waals surface area contributed by atoms with Crippen LogP contribution in [0.25, 0.3) is 0 Å². The van der Waals surface area contributed by atoms with E-state index < -0.39 is 58.9 Å². The number of rotatable bonds is 5. The van der Waals surface area contributed by atoms with Gasteiger partial charge in [-0.05, 0) is 93.5 Å².